The van der Waals surface area contributed by atoms with E-state index in [2.05, 4.69) is 10.6 Å². The summed E-state index contributed by atoms with van der Waals surface area (Å²) in [6.45, 7) is -0.0311. The van der Waals surface area contributed by atoms with Crippen molar-refractivity contribution >= 4 is 23.6 Å². The molecule has 0 aliphatic carbocycles. The van der Waals surface area contributed by atoms with Crippen LogP contribution >= 0.6 is 0 Å². The monoisotopic (exact) mass is 233 g/mol. The van der Waals surface area contributed by atoms with Crippen LogP contribution in [-0.2, 0) is 9.59 Å². The third-order valence-electron chi connectivity index (χ3n) is 2.04. The lowest BCUT2D eigenvalue weighted by Crippen LogP contribution is -2.34. The maximum absolute atomic E-state index is 11.3. The van der Waals surface area contributed by atoms with Gasteiger partial charge in [-0.1, -0.05) is 12.1 Å². The molecular weight excluding hydrogens is 218 g/mol. The first-order valence-electron chi connectivity index (χ1n) is 5.14. The van der Waals surface area contributed by atoms with Gasteiger partial charge in [0.1, 0.15) is 0 Å². The van der Waals surface area contributed by atoms with Gasteiger partial charge in [-0.25, -0.2) is 0 Å². The summed E-state index contributed by atoms with van der Waals surface area (Å²) < 4.78 is 0. The molecule has 4 N–H and O–H groups in total. The van der Waals surface area contributed by atoms with Gasteiger partial charge in [-0.15, -0.1) is 0 Å². The van der Waals surface area contributed by atoms with Crippen molar-refractivity contribution in [3.8, 4) is 0 Å². The summed E-state index contributed by atoms with van der Waals surface area (Å²) in [7, 11) is 1.51. The molecule has 5 heteroatoms. The fourth-order valence-electron chi connectivity index (χ4n) is 1.15. The average molecular weight is 233 g/mol. The largest absolute Gasteiger partial charge is 0.399 e. The number of rotatable bonds is 4. The van der Waals surface area contributed by atoms with E-state index >= 15 is 0 Å². The van der Waals surface area contributed by atoms with Crippen LogP contribution in [0.2, 0.25) is 0 Å². The lowest BCUT2D eigenvalue weighted by atomic mass is 10.2. The Balaban J connectivity index is 2.48. The predicted molar refractivity (Wildman–Crippen MR) is 67.0 cm³/mol. The Morgan fingerprint density at radius 1 is 1.41 bits per heavy atom. The fraction of sp³-hybridized carbons (Fsp3) is 0.167. The molecule has 0 heterocycles. The SMILES string of the molecule is CNC(=O)CNC(=O)/C=C/c1cccc(N)c1. The Kier molecular flexibility index (Phi) is 4.75. The molecule has 0 unspecified atom stereocenters. The molecular formula is C12H15N3O2. The summed E-state index contributed by atoms with van der Waals surface area (Å²) in [5, 5.41) is 4.86. The van der Waals surface area contributed by atoms with Crippen LogP contribution in [0.1, 0.15) is 5.56 Å². The van der Waals surface area contributed by atoms with Gasteiger partial charge in [0.15, 0.2) is 0 Å². The van der Waals surface area contributed by atoms with E-state index in [0.717, 1.165) is 5.56 Å². The normalized spacial score (nSPS) is 10.2. The number of nitrogens with two attached hydrogens (primary N) is 1. The summed E-state index contributed by atoms with van der Waals surface area (Å²) in [6.07, 6.45) is 2.99. The van der Waals surface area contributed by atoms with Gasteiger partial charge in [-0.2, -0.15) is 0 Å². The molecule has 17 heavy (non-hydrogen) atoms. The van der Waals surface area contributed by atoms with E-state index in [4.69, 9.17) is 5.73 Å². The fourth-order valence-corrected chi connectivity index (χ4v) is 1.15. The molecule has 5 nitrogen and oxygen atoms in total. The third kappa shape index (κ3) is 4.83. The van der Waals surface area contributed by atoms with Crippen molar-refractivity contribution in [3.05, 3.63) is 35.9 Å². The van der Waals surface area contributed by atoms with Crippen molar-refractivity contribution in [2.75, 3.05) is 19.3 Å². The van der Waals surface area contributed by atoms with E-state index in [1.54, 1.807) is 24.3 Å². The molecule has 0 fully saturated rings. The van der Waals surface area contributed by atoms with Gasteiger partial charge < -0.3 is 16.4 Å². The van der Waals surface area contributed by atoms with Crippen molar-refractivity contribution in [1.82, 2.24) is 10.6 Å². The zero-order chi connectivity index (χ0) is 12.7. The maximum Gasteiger partial charge on any atom is 0.244 e. The summed E-state index contributed by atoms with van der Waals surface area (Å²) in [6, 6.07) is 7.15. The van der Waals surface area contributed by atoms with Gasteiger partial charge in [-0.05, 0) is 23.8 Å². The summed E-state index contributed by atoms with van der Waals surface area (Å²) >= 11 is 0. The highest BCUT2D eigenvalue weighted by Gasteiger charge is 1.99. The highest BCUT2D eigenvalue weighted by atomic mass is 16.2. The minimum Gasteiger partial charge on any atom is -0.399 e. The number of hydrogen-bond donors (Lipinski definition) is 3. The Morgan fingerprint density at radius 2 is 2.18 bits per heavy atom. The molecule has 0 saturated carbocycles. The van der Waals surface area contributed by atoms with E-state index in [-0.39, 0.29) is 18.4 Å². The second kappa shape index (κ2) is 6.32. The van der Waals surface area contributed by atoms with Crippen molar-refractivity contribution in [3.63, 3.8) is 0 Å². The van der Waals surface area contributed by atoms with Gasteiger partial charge in [0, 0.05) is 18.8 Å². The lowest BCUT2D eigenvalue weighted by molar-refractivity contribution is -0.123. The second-order valence-electron chi connectivity index (χ2n) is 3.39. The molecule has 0 aliphatic heterocycles. The average Bonchev–Trinajstić information content (AvgIpc) is 2.33. The van der Waals surface area contributed by atoms with Crippen LogP contribution < -0.4 is 16.4 Å². The summed E-state index contributed by atoms with van der Waals surface area (Å²) in [5.41, 5.74) is 7.06. The zero-order valence-corrected chi connectivity index (χ0v) is 9.57. The number of hydrogen-bond acceptors (Lipinski definition) is 3. The van der Waals surface area contributed by atoms with Gasteiger partial charge in [0.2, 0.25) is 11.8 Å². The van der Waals surface area contributed by atoms with E-state index in [1.807, 2.05) is 6.07 Å². The molecule has 0 aliphatic rings. The lowest BCUT2D eigenvalue weighted by Gasteiger charge is -2.00. The Hall–Kier alpha value is -2.30. The van der Waals surface area contributed by atoms with Crippen LogP contribution in [0.5, 0.6) is 0 Å². The number of carbonyl (C=O) groups excluding carboxylic acids is 2. The molecule has 0 atom stereocenters. The third-order valence-corrected chi connectivity index (χ3v) is 2.04. The molecule has 1 aromatic carbocycles. The molecule has 0 aromatic heterocycles. The molecule has 0 saturated heterocycles. The maximum atomic E-state index is 11.3. The number of nitrogens with one attached hydrogen (secondary N) is 2. The minimum atomic E-state index is -0.323. The quantitative estimate of drug-likeness (QED) is 0.511. The number of carbonyl (C=O) groups is 2. The van der Waals surface area contributed by atoms with Crippen LogP contribution in [0.25, 0.3) is 6.08 Å². The topological polar surface area (TPSA) is 84.2 Å². The molecule has 2 amide bonds. The molecule has 0 bridgehead atoms. The summed E-state index contributed by atoms with van der Waals surface area (Å²) in [4.78, 5) is 22.2. The Morgan fingerprint density at radius 3 is 2.82 bits per heavy atom. The Labute approximate surface area is 99.7 Å². The summed E-state index contributed by atoms with van der Waals surface area (Å²) in [5.74, 6) is -0.563. The van der Waals surface area contributed by atoms with Crippen LogP contribution in [0.3, 0.4) is 0 Å². The van der Waals surface area contributed by atoms with Gasteiger partial charge >= 0.3 is 0 Å². The van der Waals surface area contributed by atoms with Crippen molar-refractivity contribution in [2.45, 2.75) is 0 Å². The van der Waals surface area contributed by atoms with Crippen LogP contribution in [0.15, 0.2) is 30.3 Å². The zero-order valence-electron chi connectivity index (χ0n) is 9.57. The highest BCUT2D eigenvalue weighted by molar-refractivity contribution is 5.94. The smallest absolute Gasteiger partial charge is 0.244 e. The molecule has 90 valence electrons. The van der Waals surface area contributed by atoms with Gasteiger partial charge in [-0.3, -0.25) is 9.59 Å². The number of likely N-dealkylation sites (N-methyl/N-ethyl adjacent to an activating group) is 1. The molecule has 1 aromatic rings. The number of anilines is 1. The van der Waals surface area contributed by atoms with Crippen molar-refractivity contribution in [2.24, 2.45) is 0 Å². The van der Waals surface area contributed by atoms with Crippen molar-refractivity contribution < 1.29 is 9.59 Å². The van der Waals surface area contributed by atoms with E-state index in [9.17, 15) is 9.59 Å². The first-order chi connectivity index (χ1) is 8.11. The number of nitrogen functional groups attached to an aromatic ring is 1. The highest BCUT2D eigenvalue weighted by Crippen LogP contribution is 2.07. The second-order valence-corrected chi connectivity index (χ2v) is 3.39. The standard InChI is InChI=1S/C12H15N3O2/c1-14-12(17)8-15-11(16)6-5-9-3-2-4-10(13)7-9/h2-7H,8,13H2,1H3,(H,14,17)(H,15,16)/b6-5+. The van der Waals surface area contributed by atoms with E-state index in [1.165, 1.54) is 13.1 Å². The van der Waals surface area contributed by atoms with Crippen LogP contribution in [-0.4, -0.2) is 25.4 Å². The van der Waals surface area contributed by atoms with Crippen molar-refractivity contribution in [1.29, 1.82) is 0 Å². The number of benzene rings is 1. The van der Waals surface area contributed by atoms with E-state index in [0.29, 0.717) is 5.69 Å². The molecule has 0 spiro atoms. The first-order valence-corrected chi connectivity index (χ1v) is 5.14. The van der Waals surface area contributed by atoms with Gasteiger partial charge in [0.25, 0.3) is 0 Å². The first kappa shape index (κ1) is 12.8. The Bertz CT molecular complexity index is 441. The predicted octanol–water partition coefficient (Wildman–Crippen LogP) is 0.144. The van der Waals surface area contributed by atoms with Crippen LogP contribution in [0, 0.1) is 0 Å². The van der Waals surface area contributed by atoms with E-state index < -0.39 is 0 Å². The molecule has 1 rings (SSSR count). The van der Waals surface area contributed by atoms with Crippen LogP contribution in [0.4, 0.5) is 5.69 Å². The minimum absolute atomic E-state index is 0.0311. The molecule has 0 radical (unpaired) electrons. The van der Waals surface area contributed by atoms with Gasteiger partial charge in [0.05, 0.1) is 6.54 Å². The number of amides is 2.